The predicted octanol–water partition coefficient (Wildman–Crippen LogP) is 1.65. The monoisotopic (exact) mass is 281 g/mol. The van der Waals surface area contributed by atoms with E-state index in [1.807, 2.05) is 32.9 Å². The van der Waals surface area contributed by atoms with Gasteiger partial charge in [-0.15, -0.1) is 0 Å². The highest BCUT2D eigenvalue weighted by molar-refractivity contribution is 6.40. The van der Waals surface area contributed by atoms with Crippen molar-refractivity contribution >= 4 is 36.7 Å². The standard InChI is InChI=1S/C15H20BN5/c1-5-15(21-20-10(2)3)12-7-6-11(8-13(12)16)14(17)9-19-18-4/h6-9,17-18H,5H2,1-4H3/b17-14?,19-9-,21-15+. The molecule has 0 aliphatic rings. The molecule has 0 aromatic heterocycles. The molecule has 0 spiro atoms. The highest BCUT2D eigenvalue weighted by Gasteiger charge is 2.07. The van der Waals surface area contributed by atoms with Crippen LogP contribution in [0.4, 0.5) is 0 Å². The fourth-order valence-corrected chi connectivity index (χ4v) is 1.67. The lowest BCUT2D eigenvalue weighted by atomic mass is 9.85. The van der Waals surface area contributed by atoms with E-state index in [0.29, 0.717) is 16.7 Å². The van der Waals surface area contributed by atoms with Crippen molar-refractivity contribution in [1.29, 1.82) is 5.41 Å². The number of benzene rings is 1. The number of hydrogen-bond donors (Lipinski definition) is 2. The van der Waals surface area contributed by atoms with E-state index in [0.717, 1.165) is 23.4 Å². The zero-order valence-corrected chi connectivity index (χ0v) is 12.9. The molecule has 21 heavy (non-hydrogen) atoms. The van der Waals surface area contributed by atoms with Gasteiger partial charge >= 0.3 is 0 Å². The summed E-state index contributed by atoms with van der Waals surface area (Å²) in [6.07, 6.45) is 2.17. The van der Waals surface area contributed by atoms with Crippen LogP contribution in [0, 0.1) is 5.41 Å². The molecular formula is C15H20BN5. The molecule has 0 bridgehead atoms. The van der Waals surface area contributed by atoms with Crippen LogP contribution in [0.15, 0.2) is 33.5 Å². The maximum absolute atomic E-state index is 7.89. The zero-order chi connectivity index (χ0) is 15.8. The van der Waals surface area contributed by atoms with E-state index in [1.165, 1.54) is 6.21 Å². The largest absolute Gasteiger partial charge is 0.313 e. The van der Waals surface area contributed by atoms with E-state index in [9.17, 15) is 0 Å². The molecule has 2 N–H and O–H groups in total. The van der Waals surface area contributed by atoms with E-state index >= 15 is 0 Å². The number of nitrogens with one attached hydrogen (secondary N) is 2. The van der Waals surface area contributed by atoms with Crippen molar-refractivity contribution < 1.29 is 0 Å². The second-order valence-electron chi connectivity index (χ2n) is 4.64. The van der Waals surface area contributed by atoms with Gasteiger partial charge in [-0.3, -0.25) is 5.41 Å². The molecular weight excluding hydrogens is 261 g/mol. The predicted molar refractivity (Wildman–Crippen MR) is 91.8 cm³/mol. The number of nitrogens with zero attached hydrogens (tertiary/aromatic N) is 3. The van der Waals surface area contributed by atoms with Crippen molar-refractivity contribution in [3.8, 4) is 0 Å². The topological polar surface area (TPSA) is 73.0 Å². The SMILES string of the molecule is [B]c1cc(C(=N)/C=N\NC)ccc1/C(CC)=N/N=C(C)C. The van der Waals surface area contributed by atoms with Crippen LogP contribution in [-0.4, -0.2) is 38.2 Å². The second kappa shape index (κ2) is 8.14. The van der Waals surface area contributed by atoms with Crippen LogP contribution in [0.25, 0.3) is 0 Å². The maximum Gasteiger partial charge on any atom is 0.114 e. The first-order valence-electron chi connectivity index (χ1n) is 6.76. The average molecular weight is 281 g/mol. The van der Waals surface area contributed by atoms with E-state index in [-0.39, 0.29) is 0 Å². The van der Waals surface area contributed by atoms with Crippen molar-refractivity contribution in [2.75, 3.05) is 7.05 Å². The first kappa shape index (κ1) is 16.8. The van der Waals surface area contributed by atoms with Gasteiger partial charge in [-0.25, -0.2) is 0 Å². The third kappa shape index (κ3) is 4.98. The third-order valence-corrected chi connectivity index (χ3v) is 2.70. The first-order valence-corrected chi connectivity index (χ1v) is 6.76. The molecule has 1 rings (SSSR count). The van der Waals surface area contributed by atoms with Crippen molar-refractivity contribution in [3.05, 3.63) is 29.3 Å². The van der Waals surface area contributed by atoms with Gasteiger partial charge in [-0.2, -0.15) is 15.3 Å². The summed E-state index contributed by atoms with van der Waals surface area (Å²) < 4.78 is 0. The van der Waals surface area contributed by atoms with Gasteiger partial charge in [0.05, 0.1) is 17.6 Å². The molecule has 108 valence electrons. The Hall–Kier alpha value is -2.24. The van der Waals surface area contributed by atoms with Crippen LogP contribution < -0.4 is 10.9 Å². The summed E-state index contributed by atoms with van der Waals surface area (Å²) in [5.41, 5.74) is 6.77. The summed E-state index contributed by atoms with van der Waals surface area (Å²) in [5.74, 6) is 0. The number of hydrazone groups is 1. The Bertz CT molecular complexity index is 598. The Morgan fingerprint density at radius 1 is 1.33 bits per heavy atom. The van der Waals surface area contributed by atoms with Gasteiger partial charge in [0.1, 0.15) is 7.85 Å². The quantitative estimate of drug-likeness (QED) is 0.464. The Kier molecular flexibility index (Phi) is 6.52. The first-order chi connectivity index (χ1) is 9.99. The van der Waals surface area contributed by atoms with Crippen LogP contribution in [0.1, 0.15) is 38.3 Å². The van der Waals surface area contributed by atoms with Gasteiger partial charge in [-0.1, -0.05) is 30.6 Å². The molecule has 0 atom stereocenters. The summed E-state index contributed by atoms with van der Waals surface area (Å²) >= 11 is 0. The molecule has 5 nitrogen and oxygen atoms in total. The smallest absolute Gasteiger partial charge is 0.114 e. The maximum atomic E-state index is 7.89. The molecule has 0 unspecified atom stereocenters. The van der Waals surface area contributed by atoms with E-state index in [2.05, 4.69) is 20.7 Å². The number of rotatable bonds is 6. The molecule has 1 aromatic rings. The van der Waals surface area contributed by atoms with E-state index in [1.54, 1.807) is 13.1 Å². The molecule has 0 amide bonds. The molecule has 1 aromatic carbocycles. The lowest BCUT2D eigenvalue weighted by Gasteiger charge is -2.09. The lowest BCUT2D eigenvalue weighted by molar-refractivity contribution is 0.910. The minimum atomic E-state index is 0.292. The molecule has 0 aliphatic heterocycles. The minimum absolute atomic E-state index is 0.292. The van der Waals surface area contributed by atoms with Crippen LogP contribution in [0.3, 0.4) is 0 Å². The molecule has 0 saturated heterocycles. The van der Waals surface area contributed by atoms with E-state index < -0.39 is 0 Å². The highest BCUT2D eigenvalue weighted by atomic mass is 15.3. The minimum Gasteiger partial charge on any atom is -0.313 e. The van der Waals surface area contributed by atoms with Crippen molar-refractivity contribution in [2.45, 2.75) is 27.2 Å². The van der Waals surface area contributed by atoms with Crippen LogP contribution >= 0.6 is 0 Å². The summed E-state index contributed by atoms with van der Waals surface area (Å²) in [7, 11) is 7.77. The highest BCUT2D eigenvalue weighted by Crippen LogP contribution is 2.06. The van der Waals surface area contributed by atoms with Crippen molar-refractivity contribution in [1.82, 2.24) is 5.43 Å². The normalized spacial score (nSPS) is 11.5. The molecule has 0 saturated carbocycles. The lowest BCUT2D eigenvalue weighted by Crippen LogP contribution is -2.18. The Morgan fingerprint density at radius 3 is 2.57 bits per heavy atom. The van der Waals surface area contributed by atoms with Gasteiger partial charge in [0, 0.05) is 18.3 Å². The van der Waals surface area contributed by atoms with Crippen LogP contribution in [0.5, 0.6) is 0 Å². The van der Waals surface area contributed by atoms with Gasteiger partial charge in [0.15, 0.2) is 0 Å². The molecule has 2 radical (unpaired) electrons. The summed E-state index contributed by atoms with van der Waals surface area (Å²) in [6.45, 7) is 5.80. The molecule has 0 fully saturated rings. The summed E-state index contributed by atoms with van der Waals surface area (Å²) in [4.78, 5) is 0. The molecule has 6 heteroatoms. The van der Waals surface area contributed by atoms with Gasteiger partial charge < -0.3 is 5.43 Å². The van der Waals surface area contributed by atoms with Crippen LogP contribution in [0.2, 0.25) is 0 Å². The van der Waals surface area contributed by atoms with Gasteiger partial charge in [0.25, 0.3) is 0 Å². The van der Waals surface area contributed by atoms with Gasteiger partial charge in [0.2, 0.25) is 0 Å². The molecule has 0 heterocycles. The molecule has 0 aliphatic carbocycles. The van der Waals surface area contributed by atoms with E-state index in [4.69, 9.17) is 13.3 Å². The fourth-order valence-electron chi connectivity index (χ4n) is 1.67. The summed E-state index contributed by atoms with van der Waals surface area (Å²) in [6, 6.07) is 5.46. The summed E-state index contributed by atoms with van der Waals surface area (Å²) in [5, 5.41) is 20.0. The fraction of sp³-hybridized carbons (Fsp3) is 0.333. The zero-order valence-electron chi connectivity index (χ0n) is 12.9. The Balaban J connectivity index is 3.12. The second-order valence-corrected chi connectivity index (χ2v) is 4.64. The Morgan fingerprint density at radius 2 is 2.05 bits per heavy atom. The van der Waals surface area contributed by atoms with Gasteiger partial charge in [-0.05, 0) is 25.8 Å². The number of hydrogen-bond acceptors (Lipinski definition) is 5. The third-order valence-electron chi connectivity index (χ3n) is 2.70. The van der Waals surface area contributed by atoms with Crippen molar-refractivity contribution in [3.63, 3.8) is 0 Å². The van der Waals surface area contributed by atoms with Crippen LogP contribution in [-0.2, 0) is 0 Å². The van der Waals surface area contributed by atoms with Crippen molar-refractivity contribution in [2.24, 2.45) is 15.3 Å². The average Bonchev–Trinajstić information content (AvgIpc) is 2.46. The Labute approximate surface area is 127 Å².